The molecule has 7 nitrogen and oxygen atoms in total. The summed E-state index contributed by atoms with van der Waals surface area (Å²) in [6.07, 6.45) is 3.68. The number of anilines is 1. The van der Waals surface area contributed by atoms with Gasteiger partial charge in [-0.3, -0.25) is 19.5 Å². The SMILES string of the molecule is Cc1ccccc1C(=O)N(CC(=O)Nc1nc(-c2ccccc2)cn1-c1ccc(C(C)C)cc1)CC1CCCO1. The Bertz CT molecular complexity index is 1450. The molecular formula is C33H36N4O3. The lowest BCUT2D eigenvalue weighted by molar-refractivity contribution is -0.117. The first-order valence-electron chi connectivity index (χ1n) is 13.9. The van der Waals surface area contributed by atoms with Crippen LogP contribution in [0.5, 0.6) is 0 Å². The molecular weight excluding hydrogens is 500 g/mol. The lowest BCUT2D eigenvalue weighted by Crippen LogP contribution is -2.42. The van der Waals surface area contributed by atoms with Crippen LogP contribution in [-0.4, -0.2) is 52.1 Å². The summed E-state index contributed by atoms with van der Waals surface area (Å²) >= 11 is 0. The number of aromatic nitrogens is 2. The first-order chi connectivity index (χ1) is 19.4. The van der Waals surface area contributed by atoms with Crippen LogP contribution < -0.4 is 5.32 Å². The molecule has 0 aliphatic carbocycles. The summed E-state index contributed by atoms with van der Waals surface area (Å²) in [7, 11) is 0. The number of hydrogen-bond donors (Lipinski definition) is 1. The fraction of sp³-hybridized carbons (Fsp3) is 0.303. The van der Waals surface area contributed by atoms with E-state index in [-0.39, 0.29) is 24.5 Å². The summed E-state index contributed by atoms with van der Waals surface area (Å²) in [5.74, 6) is 0.324. The molecule has 206 valence electrons. The van der Waals surface area contributed by atoms with E-state index in [1.807, 2.05) is 78.4 Å². The summed E-state index contributed by atoms with van der Waals surface area (Å²) in [5, 5.41) is 2.99. The fourth-order valence-electron chi connectivity index (χ4n) is 5.01. The highest BCUT2D eigenvalue weighted by Gasteiger charge is 2.26. The van der Waals surface area contributed by atoms with Gasteiger partial charge in [-0.2, -0.15) is 0 Å². The topological polar surface area (TPSA) is 76.5 Å². The molecule has 1 N–H and O–H groups in total. The molecule has 0 radical (unpaired) electrons. The zero-order valence-corrected chi connectivity index (χ0v) is 23.3. The van der Waals surface area contributed by atoms with E-state index in [1.165, 1.54) is 5.56 Å². The molecule has 40 heavy (non-hydrogen) atoms. The molecule has 0 spiro atoms. The maximum absolute atomic E-state index is 13.6. The molecule has 7 heteroatoms. The molecule has 1 saturated heterocycles. The molecule has 1 atom stereocenters. The average Bonchev–Trinajstić information content (AvgIpc) is 3.63. The van der Waals surface area contributed by atoms with Crippen LogP contribution in [-0.2, 0) is 9.53 Å². The predicted octanol–water partition coefficient (Wildman–Crippen LogP) is 6.23. The Morgan fingerprint density at radius 2 is 1.75 bits per heavy atom. The highest BCUT2D eigenvalue weighted by atomic mass is 16.5. The molecule has 1 fully saturated rings. The van der Waals surface area contributed by atoms with Crippen molar-refractivity contribution in [2.45, 2.75) is 45.6 Å². The Balaban J connectivity index is 1.42. The Morgan fingerprint density at radius 3 is 2.42 bits per heavy atom. The largest absolute Gasteiger partial charge is 0.376 e. The molecule has 1 aliphatic rings. The van der Waals surface area contributed by atoms with Gasteiger partial charge in [0.2, 0.25) is 11.9 Å². The van der Waals surface area contributed by atoms with E-state index in [0.29, 0.717) is 30.6 Å². The predicted molar refractivity (Wildman–Crippen MR) is 158 cm³/mol. The molecule has 1 aliphatic heterocycles. The molecule has 1 unspecified atom stereocenters. The quantitative estimate of drug-likeness (QED) is 0.275. The van der Waals surface area contributed by atoms with Gasteiger partial charge in [0.05, 0.1) is 11.8 Å². The zero-order valence-electron chi connectivity index (χ0n) is 23.3. The van der Waals surface area contributed by atoms with Crippen LogP contribution >= 0.6 is 0 Å². The summed E-state index contributed by atoms with van der Waals surface area (Å²) in [5.41, 5.74) is 5.28. The first-order valence-corrected chi connectivity index (χ1v) is 13.9. The van der Waals surface area contributed by atoms with Gasteiger partial charge in [0.15, 0.2) is 0 Å². The second kappa shape index (κ2) is 12.3. The number of benzene rings is 3. The number of aryl methyl sites for hydroxylation is 1. The third kappa shape index (κ3) is 6.32. The molecule has 0 saturated carbocycles. The number of nitrogens with one attached hydrogen (secondary N) is 1. The second-order valence-corrected chi connectivity index (χ2v) is 10.6. The van der Waals surface area contributed by atoms with Gasteiger partial charge in [0.1, 0.15) is 6.54 Å². The van der Waals surface area contributed by atoms with Gasteiger partial charge in [0.25, 0.3) is 5.91 Å². The molecule has 1 aromatic heterocycles. The van der Waals surface area contributed by atoms with E-state index in [1.54, 1.807) is 11.0 Å². The Morgan fingerprint density at radius 1 is 1.02 bits per heavy atom. The molecule has 3 aromatic carbocycles. The van der Waals surface area contributed by atoms with Gasteiger partial charge in [-0.15, -0.1) is 0 Å². The van der Waals surface area contributed by atoms with Crippen LogP contribution in [0.15, 0.2) is 85.1 Å². The van der Waals surface area contributed by atoms with Crippen LogP contribution in [0.2, 0.25) is 0 Å². The van der Waals surface area contributed by atoms with Gasteiger partial charge < -0.3 is 9.64 Å². The number of nitrogens with zero attached hydrogens (tertiary/aromatic N) is 3. The number of amides is 2. The van der Waals surface area contributed by atoms with Crippen LogP contribution in [0, 0.1) is 6.92 Å². The van der Waals surface area contributed by atoms with Crippen molar-refractivity contribution in [2.75, 3.05) is 25.0 Å². The van der Waals surface area contributed by atoms with E-state index < -0.39 is 0 Å². The Kier molecular flexibility index (Phi) is 8.41. The Hall–Kier alpha value is -4.23. The molecule has 0 bridgehead atoms. The minimum absolute atomic E-state index is 0.0769. The third-order valence-corrected chi connectivity index (χ3v) is 7.31. The van der Waals surface area contributed by atoms with Crippen molar-refractivity contribution >= 4 is 17.8 Å². The summed E-state index contributed by atoms with van der Waals surface area (Å²) in [6, 6.07) is 25.6. The van der Waals surface area contributed by atoms with Gasteiger partial charge >= 0.3 is 0 Å². The van der Waals surface area contributed by atoms with E-state index in [4.69, 9.17) is 9.72 Å². The number of hydrogen-bond acceptors (Lipinski definition) is 4. The second-order valence-electron chi connectivity index (χ2n) is 10.6. The van der Waals surface area contributed by atoms with Crippen molar-refractivity contribution in [2.24, 2.45) is 0 Å². The maximum Gasteiger partial charge on any atom is 0.254 e. The molecule has 4 aromatic rings. The van der Waals surface area contributed by atoms with E-state index in [9.17, 15) is 9.59 Å². The maximum atomic E-state index is 13.6. The number of imidazole rings is 1. The fourth-order valence-corrected chi connectivity index (χ4v) is 5.01. The van der Waals surface area contributed by atoms with Crippen molar-refractivity contribution < 1.29 is 14.3 Å². The van der Waals surface area contributed by atoms with Crippen molar-refractivity contribution in [3.8, 4) is 16.9 Å². The van der Waals surface area contributed by atoms with Crippen molar-refractivity contribution in [3.05, 3.63) is 102 Å². The third-order valence-electron chi connectivity index (χ3n) is 7.31. The standard InChI is InChI=1S/C33H36N4O3/c1-23(2)25-15-17-27(18-16-25)37-21-30(26-11-5-4-6-12-26)34-33(37)35-31(38)22-36(20-28-13-9-19-40-28)32(39)29-14-8-7-10-24(29)3/h4-8,10-12,14-18,21,23,28H,9,13,19-20,22H2,1-3H3,(H,34,35,38). The summed E-state index contributed by atoms with van der Waals surface area (Å²) < 4.78 is 7.70. The number of ether oxygens (including phenoxy) is 1. The highest BCUT2D eigenvalue weighted by Crippen LogP contribution is 2.26. The first kappa shape index (κ1) is 27.3. The van der Waals surface area contributed by atoms with E-state index in [0.717, 1.165) is 35.3 Å². The monoisotopic (exact) mass is 536 g/mol. The zero-order chi connectivity index (χ0) is 28.1. The van der Waals surface area contributed by atoms with Gasteiger partial charge in [0, 0.05) is 36.2 Å². The normalized spacial score (nSPS) is 14.8. The van der Waals surface area contributed by atoms with Crippen LogP contribution in [0.4, 0.5) is 5.95 Å². The molecule has 5 rings (SSSR count). The van der Waals surface area contributed by atoms with Gasteiger partial charge in [-0.05, 0) is 55.0 Å². The number of rotatable bonds is 9. The van der Waals surface area contributed by atoms with Crippen LogP contribution in [0.25, 0.3) is 16.9 Å². The lowest BCUT2D eigenvalue weighted by atomic mass is 10.0. The minimum Gasteiger partial charge on any atom is -0.376 e. The van der Waals surface area contributed by atoms with Crippen molar-refractivity contribution in [3.63, 3.8) is 0 Å². The Labute approximate surface area is 235 Å². The smallest absolute Gasteiger partial charge is 0.254 e. The summed E-state index contributed by atoms with van der Waals surface area (Å²) in [4.78, 5) is 33.4. The van der Waals surface area contributed by atoms with Crippen LogP contribution in [0.3, 0.4) is 0 Å². The minimum atomic E-state index is -0.315. The molecule has 2 heterocycles. The van der Waals surface area contributed by atoms with E-state index in [2.05, 4.69) is 31.3 Å². The summed E-state index contributed by atoms with van der Waals surface area (Å²) in [6.45, 7) is 7.16. The van der Waals surface area contributed by atoms with Gasteiger partial charge in [-0.1, -0.05) is 74.5 Å². The van der Waals surface area contributed by atoms with Gasteiger partial charge in [-0.25, -0.2) is 4.98 Å². The number of carbonyl (C=O) groups excluding carboxylic acids is 2. The molecule has 2 amide bonds. The lowest BCUT2D eigenvalue weighted by Gasteiger charge is -2.25. The van der Waals surface area contributed by atoms with Crippen LogP contribution in [0.1, 0.15) is 54.1 Å². The van der Waals surface area contributed by atoms with Crippen molar-refractivity contribution in [1.82, 2.24) is 14.5 Å². The number of carbonyl (C=O) groups is 2. The highest BCUT2D eigenvalue weighted by molar-refractivity contribution is 6.00. The van der Waals surface area contributed by atoms with E-state index >= 15 is 0 Å². The van der Waals surface area contributed by atoms with Crippen molar-refractivity contribution in [1.29, 1.82) is 0 Å². The average molecular weight is 537 g/mol.